The van der Waals surface area contributed by atoms with Crippen LogP contribution in [0.3, 0.4) is 0 Å². The molecule has 1 unspecified atom stereocenters. The molecule has 0 saturated carbocycles. The summed E-state index contributed by atoms with van der Waals surface area (Å²) in [5.74, 6) is 1.81. The number of piperidine rings is 1. The lowest BCUT2D eigenvalue weighted by Crippen LogP contribution is -2.48. The van der Waals surface area contributed by atoms with E-state index in [4.69, 9.17) is 9.47 Å². The molecule has 0 amide bonds. The minimum atomic E-state index is 0.229. The molecule has 25 heavy (non-hydrogen) atoms. The van der Waals surface area contributed by atoms with E-state index < -0.39 is 0 Å². The van der Waals surface area contributed by atoms with Crippen LogP contribution in [0.25, 0.3) is 0 Å². The van der Waals surface area contributed by atoms with Crippen molar-refractivity contribution in [2.45, 2.75) is 52.3 Å². The quantitative estimate of drug-likeness (QED) is 0.788. The Kier molecular flexibility index (Phi) is 6.74. The van der Waals surface area contributed by atoms with E-state index in [-0.39, 0.29) is 6.10 Å². The minimum Gasteiger partial charge on any atom is -0.491 e. The first-order valence-corrected chi connectivity index (χ1v) is 9.91. The van der Waals surface area contributed by atoms with Gasteiger partial charge in [-0.2, -0.15) is 0 Å². The van der Waals surface area contributed by atoms with E-state index in [0.717, 1.165) is 44.5 Å². The molecule has 0 bridgehead atoms. The number of hydrogen-bond acceptors (Lipinski definition) is 4. The largest absolute Gasteiger partial charge is 0.491 e. The van der Waals surface area contributed by atoms with Crippen LogP contribution in [0.1, 0.15) is 39.2 Å². The van der Waals surface area contributed by atoms with Crippen LogP contribution >= 0.6 is 0 Å². The van der Waals surface area contributed by atoms with Gasteiger partial charge in [0, 0.05) is 25.7 Å². The second kappa shape index (κ2) is 9.02. The van der Waals surface area contributed by atoms with Crippen molar-refractivity contribution >= 4 is 0 Å². The van der Waals surface area contributed by atoms with E-state index in [1.54, 1.807) is 0 Å². The number of benzene rings is 1. The monoisotopic (exact) mass is 346 g/mol. The molecule has 4 heteroatoms. The van der Waals surface area contributed by atoms with Crippen LogP contribution in [0.2, 0.25) is 0 Å². The Hall–Kier alpha value is -1.10. The van der Waals surface area contributed by atoms with E-state index in [9.17, 15) is 0 Å². The average Bonchev–Trinajstić information content (AvgIpc) is 2.62. The van der Waals surface area contributed by atoms with Crippen molar-refractivity contribution in [3.05, 3.63) is 29.8 Å². The van der Waals surface area contributed by atoms with Crippen LogP contribution in [-0.2, 0) is 11.3 Å². The van der Waals surface area contributed by atoms with Crippen LogP contribution in [0.5, 0.6) is 5.75 Å². The summed E-state index contributed by atoms with van der Waals surface area (Å²) >= 11 is 0. The third kappa shape index (κ3) is 5.44. The summed E-state index contributed by atoms with van der Waals surface area (Å²) in [5.41, 5.74) is 1.36. The summed E-state index contributed by atoms with van der Waals surface area (Å²) in [6, 6.07) is 9.27. The molecule has 3 rings (SSSR count). The summed E-state index contributed by atoms with van der Waals surface area (Å²) in [6.07, 6.45) is 2.84. The van der Waals surface area contributed by atoms with Gasteiger partial charge < -0.3 is 9.47 Å². The molecule has 140 valence electrons. The van der Waals surface area contributed by atoms with Gasteiger partial charge in [-0.15, -0.1) is 0 Å². The van der Waals surface area contributed by atoms with Gasteiger partial charge in [-0.05, 0) is 70.3 Å². The molecule has 0 radical (unpaired) electrons. The molecule has 1 atom stereocenters. The zero-order valence-electron chi connectivity index (χ0n) is 16.1. The number of rotatable bonds is 6. The van der Waals surface area contributed by atoms with Crippen LogP contribution in [0.4, 0.5) is 0 Å². The van der Waals surface area contributed by atoms with Gasteiger partial charge in [0.1, 0.15) is 5.75 Å². The van der Waals surface area contributed by atoms with E-state index in [1.165, 1.54) is 31.5 Å². The lowest BCUT2D eigenvalue weighted by atomic mass is 9.89. The highest BCUT2D eigenvalue weighted by Crippen LogP contribution is 2.26. The Morgan fingerprint density at radius 2 is 1.80 bits per heavy atom. The Bertz CT molecular complexity index is 520. The van der Waals surface area contributed by atoms with Crippen molar-refractivity contribution in [2.24, 2.45) is 5.92 Å². The Balaban J connectivity index is 1.47. The molecule has 1 aromatic rings. The highest BCUT2D eigenvalue weighted by atomic mass is 16.5. The van der Waals surface area contributed by atoms with Gasteiger partial charge in [0.05, 0.1) is 19.3 Å². The zero-order chi connectivity index (χ0) is 17.6. The second-order valence-electron chi connectivity index (χ2n) is 7.82. The van der Waals surface area contributed by atoms with E-state index >= 15 is 0 Å². The van der Waals surface area contributed by atoms with Crippen molar-refractivity contribution < 1.29 is 9.47 Å². The zero-order valence-corrected chi connectivity index (χ0v) is 16.1. The normalized spacial score (nSPS) is 22.2. The van der Waals surface area contributed by atoms with Crippen molar-refractivity contribution in [3.63, 3.8) is 0 Å². The highest BCUT2D eigenvalue weighted by Gasteiger charge is 2.28. The molecule has 0 spiro atoms. The number of likely N-dealkylation sites (tertiary alicyclic amines) is 1. The number of ether oxygens (including phenoxy) is 2. The summed E-state index contributed by atoms with van der Waals surface area (Å²) in [5, 5.41) is 0. The van der Waals surface area contributed by atoms with Gasteiger partial charge in [0.15, 0.2) is 0 Å². The maximum absolute atomic E-state index is 5.83. The van der Waals surface area contributed by atoms with Crippen molar-refractivity contribution in [2.75, 3.05) is 39.4 Å². The fraction of sp³-hybridized carbons (Fsp3) is 0.714. The van der Waals surface area contributed by atoms with Crippen LogP contribution < -0.4 is 4.74 Å². The summed E-state index contributed by atoms with van der Waals surface area (Å²) in [4.78, 5) is 5.22. The second-order valence-corrected chi connectivity index (χ2v) is 7.82. The maximum atomic E-state index is 5.83. The standard InChI is InChI=1S/C21H34N2O2/c1-17(2)25-21-6-4-5-19(15-21)16-22-9-7-20(8-10-22)18(3)23-11-13-24-14-12-23/h4-6,15,17-18,20H,7-14,16H2,1-3H3. The first-order chi connectivity index (χ1) is 12.1. The Morgan fingerprint density at radius 1 is 1.08 bits per heavy atom. The third-order valence-corrected chi connectivity index (χ3v) is 5.61. The number of nitrogens with zero attached hydrogens (tertiary/aromatic N) is 2. The van der Waals surface area contributed by atoms with Crippen molar-refractivity contribution in [1.29, 1.82) is 0 Å². The van der Waals surface area contributed by atoms with E-state index in [1.807, 2.05) is 0 Å². The van der Waals surface area contributed by atoms with Gasteiger partial charge >= 0.3 is 0 Å². The topological polar surface area (TPSA) is 24.9 Å². The van der Waals surface area contributed by atoms with Gasteiger partial charge in [0.2, 0.25) is 0 Å². The third-order valence-electron chi connectivity index (χ3n) is 5.61. The van der Waals surface area contributed by atoms with Crippen molar-refractivity contribution in [3.8, 4) is 5.75 Å². The van der Waals surface area contributed by atoms with Gasteiger partial charge in [-0.1, -0.05) is 12.1 Å². The minimum absolute atomic E-state index is 0.229. The molecule has 2 fully saturated rings. The summed E-state index contributed by atoms with van der Waals surface area (Å²) in [6.45, 7) is 14.0. The van der Waals surface area contributed by atoms with Crippen LogP contribution in [-0.4, -0.2) is 61.3 Å². The first kappa shape index (κ1) is 18.7. The fourth-order valence-corrected chi connectivity index (χ4v) is 4.12. The molecule has 2 saturated heterocycles. The van der Waals surface area contributed by atoms with Gasteiger partial charge in [-0.3, -0.25) is 9.80 Å². The fourth-order valence-electron chi connectivity index (χ4n) is 4.12. The Morgan fingerprint density at radius 3 is 2.48 bits per heavy atom. The molecule has 2 aliphatic heterocycles. The predicted octanol–water partition coefficient (Wildman–Crippen LogP) is 3.41. The average molecular weight is 347 g/mol. The van der Waals surface area contributed by atoms with Gasteiger partial charge in [0.25, 0.3) is 0 Å². The lowest BCUT2D eigenvalue weighted by molar-refractivity contribution is -0.00192. The van der Waals surface area contributed by atoms with E-state index in [2.05, 4.69) is 54.8 Å². The molecule has 2 heterocycles. The summed E-state index contributed by atoms with van der Waals surface area (Å²) < 4.78 is 11.3. The molecular weight excluding hydrogens is 312 g/mol. The van der Waals surface area contributed by atoms with Crippen LogP contribution in [0.15, 0.2) is 24.3 Å². The van der Waals surface area contributed by atoms with E-state index in [0.29, 0.717) is 6.04 Å². The molecule has 1 aromatic carbocycles. The molecule has 0 aromatic heterocycles. The maximum Gasteiger partial charge on any atom is 0.120 e. The summed E-state index contributed by atoms with van der Waals surface area (Å²) in [7, 11) is 0. The number of hydrogen-bond donors (Lipinski definition) is 0. The first-order valence-electron chi connectivity index (χ1n) is 9.91. The van der Waals surface area contributed by atoms with Crippen LogP contribution in [0, 0.1) is 5.92 Å². The number of morpholine rings is 1. The lowest BCUT2D eigenvalue weighted by Gasteiger charge is -2.41. The SMILES string of the molecule is CC(C)Oc1cccc(CN2CCC(C(C)N3CCOCC3)CC2)c1. The van der Waals surface area contributed by atoms with Crippen molar-refractivity contribution in [1.82, 2.24) is 9.80 Å². The Labute approximate surface area is 153 Å². The molecule has 4 nitrogen and oxygen atoms in total. The smallest absolute Gasteiger partial charge is 0.120 e. The predicted molar refractivity (Wildman–Crippen MR) is 102 cm³/mol. The van der Waals surface area contributed by atoms with Gasteiger partial charge in [-0.25, -0.2) is 0 Å². The molecule has 0 N–H and O–H groups in total. The molecule has 0 aliphatic carbocycles. The highest BCUT2D eigenvalue weighted by molar-refractivity contribution is 5.28. The molecule has 2 aliphatic rings. The molecular formula is C21H34N2O2.